The van der Waals surface area contributed by atoms with Crippen LogP contribution < -0.4 is 11.4 Å². The Morgan fingerprint density at radius 2 is 2.08 bits per heavy atom. The van der Waals surface area contributed by atoms with Crippen molar-refractivity contribution in [3.8, 4) is 0 Å². The summed E-state index contributed by atoms with van der Waals surface area (Å²) >= 11 is 0. The summed E-state index contributed by atoms with van der Waals surface area (Å²) in [5.74, 6) is -0.0144. The topological polar surface area (TPSA) is 204 Å². The van der Waals surface area contributed by atoms with E-state index in [-0.39, 0.29) is 12.2 Å². The number of hydrogen-bond donors (Lipinski definition) is 5. The van der Waals surface area contributed by atoms with Gasteiger partial charge in [0.25, 0.3) is 0 Å². The van der Waals surface area contributed by atoms with Gasteiger partial charge in [-0.05, 0) is 6.07 Å². The fourth-order valence-electron chi connectivity index (χ4n) is 2.04. The standard InChI is InChI=1S/C9H15N3O10P2/c10-7-1-2-12(9(14)11-7)8-6(13)3-5(21-8)4-20-24(18,19)22-23(15,16)17/h1-2,5-6,8,13H,3-4H2,(H,18,19)(H2,10,11,14)(H2,15,16,17)/t5-,6+,8+/m0/s1. The van der Waals surface area contributed by atoms with Crippen LogP contribution in [-0.4, -0.2) is 48.2 Å². The minimum absolute atomic E-state index is 0.0144. The zero-order chi connectivity index (χ0) is 18.1. The van der Waals surface area contributed by atoms with Crippen molar-refractivity contribution in [1.82, 2.24) is 9.55 Å². The van der Waals surface area contributed by atoms with E-state index in [9.17, 15) is 19.0 Å². The molecule has 6 N–H and O–H groups in total. The van der Waals surface area contributed by atoms with Crippen LogP contribution in [0.15, 0.2) is 17.1 Å². The predicted octanol–water partition coefficient (Wildman–Crippen LogP) is -1.30. The number of hydrogen-bond acceptors (Lipinski definition) is 9. The highest BCUT2D eigenvalue weighted by atomic mass is 31.3. The van der Waals surface area contributed by atoms with Crippen LogP contribution in [0.2, 0.25) is 0 Å². The first-order valence-corrected chi connectivity index (χ1v) is 9.42. The van der Waals surface area contributed by atoms with Gasteiger partial charge in [-0.2, -0.15) is 9.29 Å². The molecule has 1 saturated heterocycles. The molecule has 4 atom stereocenters. The quantitative estimate of drug-likeness (QED) is 0.361. The molecular weight excluding hydrogens is 372 g/mol. The van der Waals surface area contributed by atoms with Crippen LogP contribution in [0.5, 0.6) is 0 Å². The third-order valence-corrected chi connectivity index (χ3v) is 5.08. The molecule has 1 aliphatic rings. The van der Waals surface area contributed by atoms with E-state index in [2.05, 4.69) is 13.8 Å². The first kappa shape index (κ1) is 19.2. The Balaban J connectivity index is 2.00. The minimum atomic E-state index is -5.23. The van der Waals surface area contributed by atoms with Gasteiger partial charge < -0.3 is 30.3 Å². The molecule has 1 aromatic heterocycles. The Hall–Kier alpha value is -1.14. The largest absolute Gasteiger partial charge is 0.481 e. The Labute approximate surface area is 134 Å². The average Bonchev–Trinajstić information content (AvgIpc) is 2.75. The normalized spacial score (nSPS) is 27.1. The summed E-state index contributed by atoms with van der Waals surface area (Å²) < 4.78 is 36.2. The number of aromatic nitrogens is 2. The second-order valence-corrected chi connectivity index (χ2v) is 7.66. The number of nitrogen functional groups attached to an aromatic ring is 1. The molecule has 0 amide bonds. The molecule has 1 aromatic rings. The Morgan fingerprint density at radius 1 is 1.42 bits per heavy atom. The fourth-order valence-corrected chi connectivity index (χ4v) is 3.66. The second kappa shape index (κ2) is 7.00. The van der Waals surface area contributed by atoms with Crippen molar-refractivity contribution in [2.45, 2.75) is 24.9 Å². The van der Waals surface area contributed by atoms with Crippen molar-refractivity contribution < 1.29 is 42.5 Å². The van der Waals surface area contributed by atoms with Gasteiger partial charge in [-0.3, -0.25) is 9.09 Å². The highest BCUT2D eigenvalue weighted by Crippen LogP contribution is 2.57. The summed E-state index contributed by atoms with van der Waals surface area (Å²) in [6.45, 7) is -0.613. The van der Waals surface area contributed by atoms with E-state index in [1.54, 1.807) is 0 Å². The molecule has 0 saturated carbocycles. The number of phosphoric acid groups is 2. The van der Waals surface area contributed by atoms with E-state index >= 15 is 0 Å². The third-order valence-electron chi connectivity index (χ3n) is 2.92. The van der Waals surface area contributed by atoms with Crippen molar-refractivity contribution in [2.24, 2.45) is 0 Å². The van der Waals surface area contributed by atoms with Crippen LogP contribution in [0, 0.1) is 0 Å². The molecular formula is C9H15N3O10P2. The van der Waals surface area contributed by atoms with E-state index < -0.39 is 46.4 Å². The molecule has 0 spiro atoms. The molecule has 0 bridgehead atoms. The average molecular weight is 387 g/mol. The Morgan fingerprint density at radius 3 is 2.67 bits per heavy atom. The van der Waals surface area contributed by atoms with Gasteiger partial charge in [0.05, 0.1) is 12.7 Å². The third kappa shape index (κ3) is 5.18. The summed E-state index contributed by atoms with van der Waals surface area (Å²) in [5.41, 5.74) is 4.58. The van der Waals surface area contributed by atoms with Crippen LogP contribution in [-0.2, 0) is 22.7 Å². The molecule has 136 valence electrons. The number of nitrogens with zero attached hydrogens (tertiary/aromatic N) is 2. The van der Waals surface area contributed by atoms with Gasteiger partial charge in [-0.1, -0.05) is 0 Å². The molecule has 0 radical (unpaired) electrons. The number of phosphoric ester groups is 1. The number of nitrogens with two attached hydrogens (primary N) is 1. The van der Waals surface area contributed by atoms with E-state index in [0.717, 1.165) is 4.57 Å². The van der Waals surface area contributed by atoms with Crippen molar-refractivity contribution in [3.63, 3.8) is 0 Å². The lowest BCUT2D eigenvalue weighted by Gasteiger charge is -2.18. The van der Waals surface area contributed by atoms with Gasteiger partial charge in [-0.25, -0.2) is 13.9 Å². The van der Waals surface area contributed by atoms with Gasteiger partial charge in [0.2, 0.25) is 0 Å². The number of aliphatic hydroxyl groups is 1. The zero-order valence-corrected chi connectivity index (χ0v) is 13.7. The maximum atomic E-state index is 11.7. The van der Waals surface area contributed by atoms with Crippen molar-refractivity contribution >= 4 is 21.5 Å². The smallest absolute Gasteiger partial charge is 0.388 e. The molecule has 1 unspecified atom stereocenters. The molecule has 0 aromatic carbocycles. The fraction of sp³-hybridized carbons (Fsp3) is 0.556. The van der Waals surface area contributed by atoms with Crippen molar-refractivity contribution in [2.75, 3.05) is 12.3 Å². The van der Waals surface area contributed by atoms with Gasteiger partial charge in [0.15, 0.2) is 6.23 Å². The van der Waals surface area contributed by atoms with Crippen molar-refractivity contribution in [3.05, 3.63) is 22.7 Å². The van der Waals surface area contributed by atoms with Crippen molar-refractivity contribution in [1.29, 1.82) is 0 Å². The van der Waals surface area contributed by atoms with Gasteiger partial charge in [-0.15, -0.1) is 0 Å². The van der Waals surface area contributed by atoms with Crippen LogP contribution >= 0.6 is 15.6 Å². The first-order valence-electron chi connectivity index (χ1n) is 6.39. The lowest BCUT2D eigenvalue weighted by molar-refractivity contribution is -0.0523. The van der Waals surface area contributed by atoms with E-state index in [1.165, 1.54) is 12.3 Å². The summed E-state index contributed by atoms with van der Waals surface area (Å²) in [4.78, 5) is 41.3. The highest BCUT2D eigenvalue weighted by Gasteiger charge is 2.39. The summed E-state index contributed by atoms with van der Waals surface area (Å²) in [6.07, 6.45) is -2.02. The molecule has 1 aliphatic heterocycles. The Bertz CT molecular complexity index is 747. The maximum Gasteiger partial charge on any atom is 0.481 e. The molecule has 1 fully saturated rings. The number of aliphatic hydroxyl groups excluding tert-OH is 1. The van der Waals surface area contributed by atoms with Crippen LogP contribution in [0.25, 0.3) is 0 Å². The van der Waals surface area contributed by atoms with Crippen LogP contribution in [0.4, 0.5) is 5.82 Å². The molecule has 15 heteroatoms. The van der Waals surface area contributed by atoms with Crippen LogP contribution in [0.3, 0.4) is 0 Å². The maximum absolute atomic E-state index is 11.7. The second-order valence-electron chi connectivity index (χ2n) is 4.83. The summed E-state index contributed by atoms with van der Waals surface area (Å²) in [7, 11) is -10.2. The summed E-state index contributed by atoms with van der Waals surface area (Å²) in [6, 6.07) is 1.32. The molecule has 13 nitrogen and oxygen atoms in total. The molecule has 24 heavy (non-hydrogen) atoms. The summed E-state index contributed by atoms with van der Waals surface area (Å²) in [5, 5.41) is 9.94. The number of anilines is 1. The predicted molar refractivity (Wildman–Crippen MR) is 76.3 cm³/mol. The van der Waals surface area contributed by atoms with E-state index in [1.807, 2.05) is 0 Å². The van der Waals surface area contributed by atoms with E-state index in [4.69, 9.17) is 25.2 Å². The van der Waals surface area contributed by atoms with E-state index in [0.29, 0.717) is 0 Å². The van der Waals surface area contributed by atoms with Gasteiger partial charge in [0.1, 0.15) is 11.9 Å². The van der Waals surface area contributed by atoms with Gasteiger partial charge in [0, 0.05) is 12.6 Å². The molecule has 2 heterocycles. The lowest BCUT2D eigenvalue weighted by atomic mass is 10.2. The first-order chi connectivity index (χ1) is 11.0. The van der Waals surface area contributed by atoms with Gasteiger partial charge >= 0.3 is 21.3 Å². The number of rotatable bonds is 6. The Kier molecular flexibility index (Phi) is 5.60. The SMILES string of the molecule is Nc1ccn([C@@H]2O[C@H](COP(=O)(O)OP(=O)(O)O)C[C@H]2O)c(=O)n1. The zero-order valence-electron chi connectivity index (χ0n) is 11.9. The monoisotopic (exact) mass is 387 g/mol. The lowest BCUT2D eigenvalue weighted by Crippen LogP contribution is -2.31. The highest BCUT2D eigenvalue weighted by molar-refractivity contribution is 7.60. The molecule has 2 rings (SSSR count). The minimum Gasteiger partial charge on any atom is -0.388 e. The number of ether oxygens (including phenoxy) is 1. The molecule has 0 aliphatic carbocycles. The van der Waals surface area contributed by atoms with Crippen LogP contribution in [0.1, 0.15) is 12.6 Å².